The van der Waals surface area contributed by atoms with Gasteiger partial charge in [-0.25, -0.2) is 0 Å². The van der Waals surface area contributed by atoms with E-state index in [2.05, 4.69) is 11.6 Å². The fraction of sp³-hybridized carbons (Fsp3) is 1.00. The van der Waals surface area contributed by atoms with Crippen molar-refractivity contribution < 1.29 is 8.42 Å². The summed E-state index contributed by atoms with van der Waals surface area (Å²) in [6.45, 7) is 3.48. The Morgan fingerprint density at radius 3 is 2.42 bits per heavy atom. The summed E-state index contributed by atoms with van der Waals surface area (Å²) in [7, 11) is -3.32. The van der Waals surface area contributed by atoms with Gasteiger partial charge in [-0.3, -0.25) is 0 Å². The molecule has 1 aliphatic carbocycles. The zero-order valence-electron chi connectivity index (χ0n) is 11.6. The molecule has 0 bridgehead atoms. The van der Waals surface area contributed by atoms with E-state index in [9.17, 15) is 8.42 Å². The summed E-state index contributed by atoms with van der Waals surface area (Å²) in [5.41, 5.74) is 0. The van der Waals surface area contributed by atoms with Crippen LogP contribution in [0, 0.1) is 11.8 Å². The van der Waals surface area contributed by atoms with Crippen molar-refractivity contribution in [3.63, 3.8) is 0 Å². The lowest BCUT2D eigenvalue weighted by Crippen LogP contribution is -2.51. The number of hydrogen-bond acceptors (Lipinski definition) is 2. The van der Waals surface area contributed by atoms with Crippen molar-refractivity contribution >= 4 is 21.8 Å². The van der Waals surface area contributed by atoms with Gasteiger partial charge in [-0.1, -0.05) is 19.8 Å². The van der Waals surface area contributed by atoms with Crippen LogP contribution in [0.5, 0.6) is 0 Å². The van der Waals surface area contributed by atoms with Crippen LogP contribution in [0.1, 0.15) is 45.4 Å². The normalized spacial score (nSPS) is 31.5. The average Bonchev–Trinajstić information content (AvgIpc) is 2.39. The Morgan fingerprint density at radius 2 is 1.79 bits per heavy atom. The van der Waals surface area contributed by atoms with Crippen molar-refractivity contribution in [2.24, 2.45) is 11.8 Å². The monoisotopic (exact) mass is 308 g/mol. The average molecular weight is 309 g/mol. The molecule has 1 heterocycles. The predicted octanol–water partition coefficient (Wildman–Crippen LogP) is 2.35. The largest absolute Gasteiger partial charge is 0.279 e. The fourth-order valence-corrected chi connectivity index (χ4v) is 4.94. The highest BCUT2D eigenvalue weighted by Crippen LogP contribution is 2.27. The van der Waals surface area contributed by atoms with Crippen LogP contribution in [0.4, 0.5) is 0 Å². The van der Waals surface area contributed by atoms with Crippen LogP contribution in [0.2, 0.25) is 0 Å². The molecule has 2 unspecified atom stereocenters. The van der Waals surface area contributed by atoms with E-state index in [1.54, 1.807) is 4.31 Å². The van der Waals surface area contributed by atoms with Gasteiger partial charge in [0.2, 0.25) is 0 Å². The fourth-order valence-electron chi connectivity index (χ4n) is 3.04. The smallest absolute Gasteiger partial charge is 0.199 e. The van der Waals surface area contributed by atoms with Gasteiger partial charge < -0.3 is 0 Å². The second-order valence-corrected chi connectivity index (χ2v) is 8.02. The summed E-state index contributed by atoms with van der Waals surface area (Å²) in [5.74, 6) is 1.47. The number of piperidine rings is 1. The maximum Gasteiger partial charge on any atom is 0.279 e. The predicted molar refractivity (Wildman–Crippen MR) is 78.5 cm³/mol. The van der Waals surface area contributed by atoms with Gasteiger partial charge >= 0.3 is 0 Å². The third kappa shape index (κ3) is 4.06. The molecule has 112 valence electrons. The molecule has 1 saturated heterocycles. The Morgan fingerprint density at radius 1 is 1.16 bits per heavy atom. The van der Waals surface area contributed by atoms with Crippen molar-refractivity contribution in [1.29, 1.82) is 0 Å². The molecule has 0 radical (unpaired) electrons. The maximum absolute atomic E-state index is 12.4. The van der Waals surface area contributed by atoms with Crippen LogP contribution in [-0.2, 0) is 10.2 Å². The van der Waals surface area contributed by atoms with Crippen molar-refractivity contribution in [2.45, 2.75) is 51.5 Å². The molecule has 0 aromatic heterocycles. The Bertz CT molecular complexity index is 380. The van der Waals surface area contributed by atoms with Gasteiger partial charge in [0.15, 0.2) is 0 Å². The molecule has 2 atom stereocenters. The molecular formula is C13H25ClN2O2S. The first-order valence-corrected chi connectivity index (χ1v) is 9.33. The highest BCUT2D eigenvalue weighted by Gasteiger charge is 2.32. The summed E-state index contributed by atoms with van der Waals surface area (Å²) >= 11 is 5.96. The van der Waals surface area contributed by atoms with Crippen LogP contribution in [0.15, 0.2) is 0 Å². The van der Waals surface area contributed by atoms with Crippen LogP contribution in [-0.4, -0.2) is 37.7 Å². The lowest BCUT2D eigenvalue weighted by molar-refractivity contribution is 0.270. The van der Waals surface area contributed by atoms with E-state index >= 15 is 0 Å². The van der Waals surface area contributed by atoms with Crippen LogP contribution < -0.4 is 4.72 Å². The number of nitrogens with one attached hydrogen (secondary N) is 1. The topological polar surface area (TPSA) is 49.4 Å². The minimum Gasteiger partial charge on any atom is -0.199 e. The van der Waals surface area contributed by atoms with E-state index in [4.69, 9.17) is 11.6 Å². The zero-order chi connectivity index (χ0) is 13.9. The van der Waals surface area contributed by atoms with Gasteiger partial charge in [0.05, 0.1) is 0 Å². The molecule has 0 amide bonds. The summed E-state index contributed by atoms with van der Waals surface area (Å²) in [6.07, 6.45) is 6.14. The Hall–Kier alpha value is 0.160. The molecule has 0 spiro atoms. The quantitative estimate of drug-likeness (QED) is 0.811. The molecule has 19 heavy (non-hydrogen) atoms. The Balaban J connectivity index is 1.96. The highest BCUT2D eigenvalue weighted by molar-refractivity contribution is 7.87. The summed E-state index contributed by atoms with van der Waals surface area (Å²) < 4.78 is 29.3. The first-order valence-electron chi connectivity index (χ1n) is 7.36. The van der Waals surface area contributed by atoms with E-state index in [1.807, 2.05) is 0 Å². The third-order valence-corrected chi connectivity index (χ3v) is 6.53. The van der Waals surface area contributed by atoms with Gasteiger partial charge in [0.25, 0.3) is 10.2 Å². The van der Waals surface area contributed by atoms with Crippen molar-refractivity contribution in [1.82, 2.24) is 9.03 Å². The van der Waals surface area contributed by atoms with Gasteiger partial charge in [0, 0.05) is 25.0 Å². The minimum atomic E-state index is -3.32. The van der Waals surface area contributed by atoms with E-state index in [1.165, 1.54) is 0 Å². The van der Waals surface area contributed by atoms with Gasteiger partial charge in [0.1, 0.15) is 0 Å². The van der Waals surface area contributed by atoms with E-state index in [-0.39, 0.29) is 12.0 Å². The Kier molecular flexibility index (Phi) is 5.52. The molecule has 2 aliphatic rings. The molecule has 2 fully saturated rings. The number of halogens is 1. The lowest BCUT2D eigenvalue weighted by Gasteiger charge is -2.35. The van der Waals surface area contributed by atoms with Gasteiger partial charge in [-0.05, 0) is 37.5 Å². The molecule has 0 aromatic rings. The van der Waals surface area contributed by atoms with Crippen LogP contribution in [0.25, 0.3) is 0 Å². The van der Waals surface area contributed by atoms with Gasteiger partial charge in [-0.2, -0.15) is 17.4 Å². The minimum absolute atomic E-state index is 0.0237. The molecule has 0 aromatic carbocycles. The number of hydrogen-bond donors (Lipinski definition) is 1. The number of nitrogens with zero attached hydrogens (tertiary/aromatic N) is 1. The summed E-state index contributed by atoms with van der Waals surface area (Å²) in [5, 5.41) is 0. The first kappa shape index (κ1) is 15.5. The van der Waals surface area contributed by atoms with E-state index in [0.29, 0.717) is 24.9 Å². The number of alkyl halides is 1. The number of rotatable bonds is 4. The molecule has 6 heteroatoms. The second kappa shape index (κ2) is 6.74. The molecule has 1 aliphatic heterocycles. The SMILES string of the molecule is CC1CCN(S(=O)(=O)NC2CCCCC2CCl)CC1. The Labute approximate surface area is 122 Å². The molecule has 1 N–H and O–H groups in total. The summed E-state index contributed by atoms with van der Waals surface area (Å²) in [6, 6.07) is 0.0237. The van der Waals surface area contributed by atoms with Gasteiger partial charge in [-0.15, -0.1) is 11.6 Å². The standard InChI is InChI=1S/C13H25ClN2O2S/c1-11-6-8-16(9-7-11)19(17,18)15-13-5-3-2-4-12(13)10-14/h11-13,15H,2-10H2,1H3. The second-order valence-electron chi connectivity index (χ2n) is 6.01. The van der Waals surface area contributed by atoms with Crippen molar-refractivity contribution in [2.75, 3.05) is 19.0 Å². The van der Waals surface area contributed by atoms with Crippen LogP contribution in [0.3, 0.4) is 0 Å². The van der Waals surface area contributed by atoms with E-state index < -0.39 is 10.2 Å². The zero-order valence-corrected chi connectivity index (χ0v) is 13.2. The molecule has 4 nitrogen and oxygen atoms in total. The first-order chi connectivity index (χ1) is 9.03. The molecular weight excluding hydrogens is 284 g/mol. The van der Waals surface area contributed by atoms with Crippen molar-refractivity contribution in [3.05, 3.63) is 0 Å². The molecule has 2 rings (SSSR count). The summed E-state index contributed by atoms with van der Waals surface area (Å²) in [4.78, 5) is 0. The third-order valence-electron chi connectivity index (χ3n) is 4.49. The van der Waals surface area contributed by atoms with Crippen LogP contribution >= 0.6 is 11.6 Å². The highest BCUT2D eigenvalue weighted by atomic mass is 35.5. The maximum atomic E-state index is 12.4. The van der Waals surface area contributed by atoms with Crippen molar-refractivity contribution in [3.8, 4) is 0 Å². The van der Waals surface area contributed by atoms with E-state index in [0.717, 1.165) is 38.5 Å². The molecule has 1 saturated carbocycles. The lowest BCUT2D eigenvalue weighted by atomic mass is 9.86.